The highest BCUT2D eigenvalue weighted by Gasteiger charge is 2.34. The number of benzene rings is 2. The van der Waals surface area contributed by atoms with Gasteiger partial charge in [0.2, 0.25) is 11.7 Å². The number of methoxy groups -OCH3 is 3. The molecule has 3 rings (SSSR count). The van der Waals surface area contributed by atoms with Gasteiger partial charge in [0.25, 0.3) is 0 Å². The van der Waals surface area contributed by atoms with Crippen LogP contribution in [-0.4, -0.2) is 33.8 Å². The quantitative estimate of drug-likeness (QED) is 0.684. The fraction of sp³-hybridized carbons (Fsp3) is 0.409. The fourth-order valence-corrected chi connectivity index (χ4v) is 3.61. The predicted molar refractivity (Wildman–Crippen MR) is 108 cm³/mol. The van der Waals surface area contributed by atoms with Crippen LogP contribution in [0.1, 0.15) is 43.2 Å². The predicted octanol–water partition coefficient (Wildman–Crippen LogP) is 4.37. The van der Waals surface area contributed by atoms with Crippen LogP contribution in [0.3, 0.4) is 0 Å². The van der Waals surface area contributed by atoms with Crippen molar-refractivity contribution < 1.29 is 23.7 Å². The molecule has 1 atom stereocenters. The average molecular weight is 385 g/mol. The molecule has 150 valence electrons. The lowest BCUT2D eigenvalue weighted by Crippen LogP contribution is -2.25. The summed E-state index contributed by atoms with van der Waals surface area (Å²) in [6.45, 7) is 2.77. The zero-order valence-electron chi connectivity index (χ0n) is 16.8. The Hall–Kier alpha value is -2.89. The van der Waals surface area contributed by atoms with E-state index in [-0.39, 0.29) is 11.8 Å². The molecule has 0 saturated heterocycles. The average Bonchev–Trinajstić information content (AvgIpc) is 2.72. The Kier molecular flexibility index (Phi) is 6.29. The lowest BCUT2D eigenvalue weighted by atomic mass is 9.83. The first kappa shape index (κ1) is 19.9. The molecule has 0 fully saturated rings. The van der Waals surface area contributed by atoms with Gasteiger partial charge in [-0.15, -0.1) is 0 Å². The molecule has 1 N–H and O–H groups in total. The Morgan fingerprint density at radius 2 is 1.79 bits per heavy atom. The Labute approximate surface area is 165 Å². The van der Waals surface area contributed by atoms with Crippen LogP contribution in [0.5, 0.6) is 23.0 Å². The summed E-state index contributed by atoms with van der Waals surface area (Å²) in [6.07, 6.45) is 2.33. The molecule has 0 radical (unpaired) electrons. The van der Waals surface area contributed by atoms with Gasteiger partial charge in [0.05, 0.1) is 33.6 Å². The normalized spacial score (nSPS) is 15.4. The first-order valence-corrected chi connectivity index (χ1v) is 9.49. The van der Waals surface area contributed by atoms with Crippen molar-refractivity contribution in [1.29, 1.82) is 0 Å². The molecule has 6 heteroatoms. The van der Waals surface area contributed by atoms with Gasteiger partial charge in [-0.3, -0.25) is 4.79 Å². The number of rotatable bonds is 8. The second-order valence-corrected chi connectivity index (χ2v) is 6.65. The topological polar surface area (TPSA) is 66.0 Å². The van der Waals surface area contributed by atoms with E-state index in [9.17, 15) is 4.79 Å². The summed E-state index contributed by atoms with van der Waals surface area (Å²) in [7, 11) is 4.72. The zero-order valence-corrected chi connectivity index (χ0v) is 16.8. The third kappa shape index (κ3) is 3.72. The van der Waals surface area contributed by atoms with Gasteiger partial charge in [-0.2, -0.15) is 0 Å². The minimum Gasteiger partial charge on any atom is -0.493 e. The largest absolute Gasteiger partial charge is 0.493 e. The molecule has 0 unspecified atom stereocenters. The molecule has 0 aromatic heterocycles. The smallest absolute Gasteiger partial charge is 0.225 e. The van der Waals surface area contributed by atoms with E-state index in [0.717, 1.165) is 29.7 Å². The highest BCUT2D eigenvalue weighted by Crippen LogP contribution is 2.52. The number of carbonyl (C=O) groups excluding carboxylic acids is 1. The van der Waals surface area contributed by atoms with Crippen LogP contribution in [-0.2, 0) is 4.79 Å². The number of para-hydroxylation sites is 1. The van der Waals surface area contributed by atoms with Crippen LogP contribution in [0, 0.1) is 0 Å². The van der Waals surface area contributed by atoms with Gasteiger partial charge < -0.3 is 24.3 Å². The number of hydrogen-bond acceptors (Lipinski definition) is 5. The number of ether oxygens (including phenoxy) is 4. The number of unbranched alkanes of at least 4 members (excludes halogenated alkanes) is 1. The molecule has 1 aliphatic rings. The van der Waals surface area contributed by atoms with Gasteiger partial charge in [0.15, 0.2) is 11.5 Å². The summed E-state index contributed by atoms with van der Waals surface area (Å²) < 4.78 is 22.7. The number of anilines is 1. The van der Waals surface area contributed by atoms with Crippen molar-refractivity contribution in [3.8, 4) is 23.0 Å². The molecule has 28 heavy (non-hydrogen) atoms. The number of carbonyl (C=O) groups is 1. The van der Waals surface area contributed by atoms with Crippen LogP contribution in [0.15, 0.2) is 30.3 Å². The maximum Gasteiger partial charge on any atom is 0.225 e. The summed E-state index contributed by atoms with van der Waals surface area (Å²) >= 11 is 0. The molecule has 1 amide bonds. The second-order valence-electron chi connectivity index (χ2n) is 6.65. The number of nitrogens with one attached hydrogen (secondary N) is 1. The van der Waals surface area contributed by atoms with Gasteiger partial charge in [-0.1, -0.05) is 31.5 Å². The first-order valence-electron chi connectivity index (χ1n) is 9.49. The highest BCUT2D eigenvalue weighted by atomic mass is 16.5. The molecule has 0 saturated carbocycles. The fourth-order valence-electron chi connectivity index (χ4n) is 3.61. The molecule has 0 bridgehead atoms. The van der Waals surface area contributed by atoms with Crippen molar-refractivity contribution in [1.82, 2.24) is 0 Å². The van der Waals surface area contributed by atoms with Crippen LogP contribution < -0.4 is 24.3 Å². The van der Waals surface area contributed by atoms with Crippen molar-refractivity contribution in [2.75, 3.05) is 33.3 Å². The molecule has 0 spiro atoms. The van der Waals surface area contributed by atoms with Crippen molar-refractivity contribution in [3.63, 3.8) is 0 Å². The van der Waals surface area contributed by atoms with Crippen LogP contribution in [0.2, 0.25) is 0 Å². The Morgan fingerprint density at radius 1 is 1.04 bits per heavy atom. The number of fused-ring (bicyclic) bond motifs is 1. The van der Waals surface area contributed by atoms with Gasteiger partial charge in [0.1, 0.15) is 5.75 Å². The molecule has 1 heterocycles. The van der Waals surface area contributed by atoms with E-state index in [1.807, 2.05) is 24.3 Å². The van der Waals surface area contributed by atoms with Crippen LogP contribution in [0.25, 0.3) is 0 Å². The van der Waals surface area contributed by atoms with Crippen molar-refractivity contribution in [3.05, 3.63) is 41.5 Å². The molecule has 2 aromatic rings. The minimum atomic E-state index is -0.212. The molecule has 2 aromatic carbocycles. The van der Waals surface area contributed by atoms with E-state index in [0.29, 0.717) is 36.0 Å². The van der Waals surface area contributed by atoms with Crippen molar-refractivity contribution >= 4 is 11.6 Å². The van der Waals surface area contributed by atoms with Gasteiger partial charge >= 0.3 is 0 Å². The molecular weight excluding hydrogens is 358 g/mol. The van der Waals surface area contributed by atoms with Crippen LogP contribution >= 0.6 is 0 Å². The van der Waals surface area contributed by atoms with Gasteiger partial charge in [-0.25, -0.2) is 0 Å². The summed E-state index contributed by atoms with van der Waals surface area (Å²) in [6, 6.07) is 9.64. The molecular formula is C22H27NO5. The lowest BCUT2D eigenvalue weighted by Gasteiger charge is -2.30. The Morgan fingerprint density at radius 3 is 2.46 bits per heavy atom. The molecule has 0 aliphatic carbocycles. The van der Waals surface area contributed by atoms with Crippen molar-refractivity contribution in [2.45, 2.75) is 32.1 Å². The first-order chi connectivity index (χ1) is 13.6. The minimum absolute atomic E-state index is 0.0601. The summed E-state index contributed by atoms with van der Waals surface area (Å²) in [4.78, 5) is 12.5. The van der Waals surface area contributed by atoms with E-state index in [1.54, 1.807) is 27.4 Å². The summed E-state index contributed by atoms with van der Waals surface area (Å²) in [5, 5.41) is 2.94. The van der Waals surface area contributed by atoms with Crippen LogP contribution in [0.4, 0.5) is 5.69 Å². The third-order valence-electron chi connectivity index (χ3n) is 4.93. The molecule has 6 nitrogen and oxygen atoms in total. The standard InChI is InChI=1S/C22H27NO5/c1-5-6-11-28-17-10-8-7-9-14(17)15-12-19(24)23-16-13-18(25-2)21(26-3)22(27-4)20(15)16/h7-10,13,15H,5-6,11-12H2,1-4H3,(H,23,24)/t15-/m1/s1. The highest BCUT2D eigenvalue weighted by molar-refractivity contribution is 5.97. The van der Waals surface area contributed by atoms with E-state index < -0.39 is 0 Å². The van der Waals surface area contributed by atoms with E-state index in [4.69, 9.17) is 18.9 Å². The van der Waals surface area contributed by atoms with Crippen molar-refractivity contribution in [2.24, 2.45) is 0 Å². The summed E-state index contributed by atoms with van der Waals surface area (Å²) in [5.41, 5.74) is 2.49. The number of hydrogen-bond donors (Lipinski definition) is 1. The van der Waals surface area contributed by atoms with Gasteiger partial charge in [0, 0.05) is 29.5 Å². The second kappa shape index (κ2) is 8.87. The van der Waals surface area contributed by atoms with E-state index in [1.165, 1.54) is 0 Å². The van der Waals surface area contributed by atoms with Gasteiger partial charge in [-0.05, 0) is 12.5 Å². The Bertz CT molecular complexity index is 849. The SMILES string of the molecule is CCCCOc1ccccc1[C@H]1CC(=O)Nc2cc(OC)c(OC)c(OC)c21. The Balaban J connectivity index is 2.15. The van der Waals surface area contributed by atoms with E-state index >= 15 is 0 Å². The lowest BCUT2D eigenvalue weighted by molar-refractivity contribution is -0.116. The summed E-state index contributed by atoms with van der Waals surface area (Å²) in [5.74, 6) is 2.09. The maximum absolute atomic E-state index is 12.5. The third-order valence-corrected chi connectivity index (χ3v) is 4.93. The number of amides is 1. The zero-order chi connectivity index (χ0) is 20.1. The molecule has 1 aliphatic heterocycles. The van der Waals surface area contributed by atoms with E-state index in [2.05, 4.69) is 12.2 Å². The maximum atomic E-state index is 12.5. The monoisotopic (exact) mass is 385 g/mol.